The summed E-state index contributed by atoms with van der Waals surface area (Å²) in [6.07, 6.45) is 2.50. The van der Waals surface area contributed by atoms with Crippen molar-refractivity contribution in [2.45, 2.75) is 24.8 Å². The zero-order chi connectivity index (χ0) is 10.3. The summed E-state index contributed by atoms with van der Waals surface area (Å²) in [6.45, 7) is 2.40. The molecule has 1 aromatic heterocycles. The molecule has 0 amide bonds. The van der Waals surface area contributed by atoms with Gasteiger partial charge < -0.3 is 10.1 Å². The second-order valence-corrected chi connectivity index (χ2v) is 4.31. The first kappa shape index (κ1) is 9.30. The molecule has 2 fully saturated rings. The lowest BCUT2D eigenvalue weighted by Crippen LogP contribution is -2.36. The van der Waals surface area contributed by atoms with Crippen molar-refractivity contribution in [2.24, 2.45) is 7.05 Å². The van der Waals surface area contributed by atoms with E-state index in [0.29, 0.717) is 12.5 Å². The third-order valence-corrected chi connectivity index (χ3v) is 2.99. The van der Waals surface area contributed by atoms with Gasteiger partial charge in [-0.05, 0) is 12.8 Å². The average Bonchev–Trinajstić information content (AvgIpc) is 3.04. The van der Waals surface area contributed by atoms with E-state index >= 15 is 0 Å². The first-order valence-electron chi connectivity index (χ1n) is 5.56. The number of hydrogen-bond donors (Lipinski definition) is 1. The zero-order valence-electron chi connectivity index (χ0n) is 8.94. The van der Waals surface area contributed by atoms with Crippen LogP contribution in [0, 0.1) is 0 Å². The van der Waals surface area contributed by atoms with Gasteiger partial charge in [0.25, 0.3) is 0 Å². The summed E-state index contributed by atoms with van der Waals surface area (Å²) in [5.74, 6) is 2.64. The number of morpholine rings is 1. The maximum absolute atomic E-state index is 5.43. The summed E-state index contributed by atoms with van der Waals surface area (Å²) in [6, 6.07) is 0.212. The summed E-state index contributed by atoms with van der Waals surface area (Å²) in [5, 5.41) is 7.86. The smallest absolute Gasteiger partial charge is 0.154 e. The van der Waals surface area contributed by atoms with Crippen molar-refractivity contribution in [3.8, 4) is 0 Å². The number of aromatic nitrogens is 3. The summed E-state index contributed by atoms with van der Waals surface area (Å²) < 4.78 is 7.32. The molecule has 1 saturated heterocycles. The van der Waals surface area contributed by atoms with E-state index in [1.807, 2.05) is 11.7 Å². The van der Waals surface area contributed by atoms with Crippen LogP contribution in [0.15, 0.2) is 0 Å². The van der Waals surface area contributed by atoms with Gasteiger partial charge in [-0.3, -0.25) is 4.68 Å². The SMILES string of the molecule is Cn1nc(C2CC2)nc1C1COCCN1. The third kappa shape index (κ3) is 1.77. The molecule has 15 heavy (non-hydrogen) atoms. The van der Waals surface area contributed by atoms with E-state index in [0.717, 1.165) is 24.8 Å². The molecule has 1 aliphatic carbocycles. The van der Waals surface area contributed by atoms with E-state index in [1.54, 1.807) is 0 Å². The van der Waals surface area contributed by atoms with Crippen LogP contribution in [-0.2, 0) is 11.8 Å². The van der Waals surface area contributed by atoms with Crippen molar-refractivity contribution in [2.75, 3.05) is 19.8 Å². The largest absolute Gasteiger partial charge is 0.378 e. The number of ether oxygens (including phenoxy) is 1. The predicted molar refractivity (Wildman–Crippen MR) is 54.5 cm³/mol. The number of rotatable bonds is 2. The van der Waals surface area contributed by atoms with Crippen LogP contribution in [0.5, 0.6) is 0 Å². The molecular formula is C10H16N4O. The minimum atomic E-state index is 0.212. The molecule has 0 aromatic carbocycles. The maximum atomic E-state index is 5.43. The van der Waals surface area contributed by atoms with E-state index in [4.69, 9.17) is 4.74 Å². The van der Waals surface area contributed by atoms with Gasteiger partial charge in [0.2, 0.25) is 0 Å². The second-order valence-electron chi connectivity index (χ2n) is 4.31. The van der Waals surface area contributed by atoms with Crippen molar-refractivity contribution in [1.29, 1.82) is 0 Å². The molecule has 2 heterocycles. The van der Waals surface area contributed by atoms with E-state index < -0.39 is 0 Å². The number of aryl methyl sites for hydroxylation is 1. The molecule has 1 atom stereocenters. The predicted octanol–water partition coefficient (Wildman–Crippen LogP) is 0.353. The van der Waals surface area contributed by atoms with Gasteiger partial charge in [-0.2, -0.15) is 5.10 Å². The Bertz CT molecular complexity index is 352. The molecule has 0 bridgehead atoms. The van der Waals surface area contributed by atoms with Crippen LogP contribution < -0.4 is 5.32 Å². The van der Waals surface area contributed by atoms with Gasteiger partial charge in [-0.1, -0.05) is 0 Å². The first-order valence-corrected chi connectivity index (χ1v) is 5.56. The lowest BCUT2D eigenvalue weighted by molar-refractivity contribution is 0.0730. The molecule has 1 aliphatic heterocycles. The van der Waals surface area contributed by atoms with E-state index in [-0.39, 0.29) is 6.04 Å². The van der Waals surface area contributed by atoms with Crippen molar-refractivity contribution >= 4 is 0 Å². The molecule has 1 unspecified atom stereocenters. The molecule has 82 valence electrons. The van der Waals surface area contributed by atoms with E-state index in [1.165, 1.54) is 12.8 Å². The number of nitrogens with zero attached hydrogens (tertiary/aromatic N) is 3. The molecule has 3 rings (SSSR count). The Morgan fingerprint density at radius 2 is 2.33 bits per heavy atom. The normalized spacial score (nSPS) is 26.9. The van der Waals surface area contributed by atoms with Gasteiger partial charge in [-0.15, -0.1) is 0 Å². The van der Waals surface area contributed by atoms with Gasteiger partial charge in [-0.25, -0.2) is 4.98 Å². The fourth-order valence-electron chi connectivity index (χ4n) is 1.97. The molecule has 2 aliphatic rings. The second kappa shape index (κ2) is 3.57. The quantitative estimate of drug-likeness (QED) is 0.762. The lowest BCUT2D eigenvalue weighted by Gasteiger charge is -2.22. The highest BCUT2D eigenvalue weighted by Crippen LogP contribution is 2.38. The molecule has 1 aromatic rings. The van der Waals surface area contributed by atoms with Crippen LogP contribution in [0.25, 0.3) is 0 Å². The summed E-state index contributed by atoms with van der Waals surface area (Å²) in [7, 11) is 1.96. The Morgan fingerprint density at radius 1 is 1.47 bits per heavy atom. The Morgan fingerprint density at radius 3 is 3.00 bits per heavy atom. The van der Waals surface area contributed by atoms with Crippen molar-refractivity contribution < 1.29 is 4.74 Å². The highest BCUT2D eigenvalue weighted by atomic mass is 16.5. The van der Waals surface area contributed by atoms with Gasteiger partial charge >= 0.3 is 0 Å². The standard InChI is InChI=1S/C10H16N4O/c1-14-10(8-6-15-5-4-11-8)12-9(13-14)7-2-3-7/h7-8,11H,2-6H2,1H3. The van der Waals surface area contributed by atoms with Crippen molar-refractivity contribution in [3.63, 3.8) is 0 Å². The minimum Gasteiger partial charge on any atom is -0.378 e. The van der Waals surface area contributed by atoms with Crippen molar-refractivity contribution in [1.82, 2.24) is 20.1 Å². The van der Waals surface area contributed by atoms with Crippen LogP contribution >= 0.6 is 0 Å². The van der Waals surface area contributed by atoms with Gasteiger partial charge in [0, 0.05) is 19.5 Å². The summed E-state index contributed by atoms with van der Waals surface area (Å²) >= 11 is 0. The highest BCUT2D eigenvalue weighted by molar-refractivity contribution is 5.08. The number of hydrogen-bond acceptors (Lipinski definition) is 4. The Balaban J connectivity index is 1.82. The third-order valence-electron chi connectivity index (χ3n) is 2.99. The Labute approximate surface area is 88.8 Å². The van der Waals surface area contributed by atoms with Gasteiger partial charge in [0.1, 0.15) is 5.82 Å². The Hall–Kier alpha value is -0.940. The first-order chi connectivity index (χ1) is 7.34. The Kier molecular flexibility index (Phi) is 2.21. The van der Waals surface area contributed by atoms with Gasteiger partial charge in [0.05, 0.1) is 19.3 Å². The fraction of sp³-hybridized carbons (Fsp3) is 0.800. The zero-order valence-corrected chi connectivity index (χ0v) is 8.94. The van der Waals surface area contributed by atoms with E-state index in [2.05, 4.69) is 15.4 Å². The molecule has 5 nitrogen and oxygen atoms in total. The van der Waals surface area contributed by atoms with Crippen LogP contribution in [0.2, 0.25) is 0 Å². The fourth-order valence-corrected chi connectivity index (χ4v) is 1.97. The average molecular weight is 208 g/mol. The van der Waals surface area contributed by atoms with Gasteiger partial charge in [0.15, 0.2) is 5.82 Å². The van der Waals surface area contributed by atoms with Crippen molar-refractivity contribution in [3.05, 3.63) is 11.6 Å². The number of nitrogens with one attached hydrogen (secondary N) is 1. The summed E-state index contributed by atoms with van der Waals surface area (Å²) in [5.41, 5.74) is 0. The van der Waals surface area contributed by atoms with Crippen LogP contribution in [0.1, 0.15) is 36.5 Å². The topological polar surface area (TPSA) is 52.0 Å². The molecule has 0 spiro atoms. The van der Waals surface area contributed by atoms with Crippen LogP contribution in [0.4, 0.5) is 0 Å². The minimum absolute atomic E-state index is 0.212. The molecule has 1 saturated carbocycles. The molecule has 0 radical (unpaired) electrons. The molecule has 5 heteroatoms. The van der Waals surface area contributed by atoms with E-state index in [9.17, 15) is 0 Å². The monoisotopic (exact) mass is 208 g/mol. The van der Waals surface area contributed by atoms with Crippen LogP contribution in [-0.4, -0.2) is 34.5 Å². The molecule has 1 N–H and O–H groups in total. The summed E-state index contributed by atoms with van der Waals surface area (Å²) in [4.78, 5) is 4.60. The maximum Gasteiger partial charge on any atom is 0.154 e. The lowest BCUT2D eigenvalue weighted by atomic mass is 10.2. The highest BCUT2D eigenvalue weighted by Gasteiger charge is 2.30. The van der Waals surface area contributed by atoms with Crippen LogP contribution in [0.3, 0.4) is 0 Å². The molecular weight excluding hydrogens is 192 g/mol.